The van der Waals surface area contributed by atoms with Crippen molar-refractivity contribution in [2.24, 2.45) is 4.99 Å². The van der Waals surface area contributed by atoms with Gasteiger partial charge in [-0.05, 0) is 13.8 Å². The molecule has 0 unspecified atom stereocenters. The fourth-order valence-corrected chi connectivity index (χ4v) is 0.247. The Bertz CT molecular complexity index is 50.9. The first kappa shape index (κ1) is 11.3. The van der Waals surface area contributed by atoms with Crippen molar-refractivity contribution in [3.63, 3.8) is 0 Å². The van der Waals surface area contributed by atoms with Crippen LogP contribution in [-0.4, -0.2) is 19.4 Å². The molecule has 56 valence electrons. The van der Waals surface area contributed by atoms with Crippen LogP contribution in [-0.2, 0) is 0 Å². The van der Waals surface area contributed by atoms with E-state index in [2.05, 4.69) is 10.3 Å². The summed E-state index contributed by atoms with van der Waals surface area (Å²) < 4.78 is 0. The lowest BCUT2D eigenvalue weighted by molar-refractivity contribution is 0.972. The van der Waals surface area contributed by atoms with Crippen molar-refractivity contribution in [3.8, 4) is 0 Å². The van der Waals surface area contributed by atoms with Crippen molar-refractivity contribution in [1.82, 2.24) is 5.32 Å². The Balaban J connectivity index is 0. The lowest BCUT2D eigenvalue weighted by atomic mass is 10.7. The van der Waals surface area contributed by atoms with Crippen molar-refractivity contribution in [2.45, 2.75) is 27.7 Å². The molecule has 0 aromatic heterocycles. The Kier molecular flexibility index (Phi) is 19.6. The fraction of sp³-hybridized carbons (Fsp3) is 0.857. The number of nitrogens with zero attached hydrogens (tertiary/aromatic N) is 1. The first-order valence-electron chi connectivity index (χ1n) is 3.63. The maximum atomic E-state index is 3.93. The van der Waals surface area contributed by atoms with Crippen molar-refractivity contribution in [3.05, 3.63) is 0 Å². The molecule has 9 heavy (non-hydrogen) atoms. The number of aliphatic imine (C=N–C) groups is 1. The second-order valence-corrected chi connectivity index (χ2v) is 1.19. The molecule has 0 aliphatic rings. The van der Waals surface area contributed by atoms with Gasteiger partial charge in [-0.25, -0.2) is 0 Å². The molecule has 0 amide bonds. The van der Waals surface area contributed by atoms with Gasteiger partial charge in [0.1, 0.15) is 0 Å². The third-order valence-electron chi connectivity index (χ3n) is 0.569. The van der Waals surface area contributed by atoms with Crippen LogP contribution < -0.4 is 5.32 Å². The number of hydrogen-bond acceptors (Lipinski definition) is 1. The predicted molar refractivity (Wildman–Crippen MR) is 44.1 cm³/mol. The molecule has 0 heterocycles. The van der Waals surface area contributed by atoms with Crippen LogP contribution in [0.3, 0.4) is 0 Å². The highest BCUT2D eigenvalue weighted by Gasteiger charge is 1.63. The zero-order valence-corrected chi connectivity index (χ0v) is 6.94. The van der Waals surface area contributed by atoms with Gasteiger partial charge < -0.3 is 5.32 Å². The Morgan fingerprint density at radius 3 is 2.22 bits per heavy atom. The molecule has 0 aliphatic heterocycles. The summed E-state index contributed by atoms with van der Waals surface area (Å²) in [6, 6.07) is 0. The van der Waals surface area contributed by atoms with Crippen molar-refractivity contribution in [2.75, 3.05) is 13.1 Å². The van der Waals surface area contributed by atoms with Gasteiger partial charge in [0, 0.05) is 13.1 Å². The van der Waals surface area contributed by atoms with Crippen LogP contribution in [0.4, 0.5) is 0 Å². The summed E-state index contributed by atoms with van der Waals surface area (Å²) in [7, 11) is 0. The van der Waals surface area contributed by atoms with Gasteiger partial charge in [-0.15, -0.1) is 0 Å². The zero-order valence-electron chi connectivity index (χ0n) is 6.94. The molecule has 0 aromatic carbocycles. The average Bonchev–Trinajstić information content (AvgIpc) is 1.94. The van der Waals surface area contributed by atoms with E-state index in [0.29, 0.717) is 0 Å². The number of rotatable bonds is 3. The molecular formula is C7H18N2. The normalized spacial score (nSPS) is 8.44. The van der Waals surface area contributed by atoms with Gasteiger partial charge in [0.15, 0.2) is 0 Å². The van der Waals surface area contributed by atoms with Gasteiger partial charge in [0.05, 0.1) is 6.34 Å². The molecule has 0 radical (unpaired) electrons. The molecule has 0 aromatic rings. The molecule has 0 aliphatic carbocycles. The minimum absolute atomic E-state index is 0.868. The van der Waals surface area contributed by atoms with E-state index in [4.69, 9.17) is 0 Å². The van der Waals surface area contributed by atoms with Gasteiger partial charge in [0.25, 0.3) is 0 Å². The van der Waals surface area contributed by atoms with Gasteiger partial charge in [0.2, 0.25) is 0 Å². The summed E-state index contributed by atoms with van der Waals surface area (Å²) in [4.78, 5) is 3.93. The van der Waals surface area contributed by atoms with E-state index in [0.717, 1.165) is 13.1 Å². The van der Waals surface area contributed by atoms with Crippen LogP contribution in [0.25, 0.3) is 0 Å². The lowest BCUT2D eigenvalue weighted by Gasteiger charge is -1.86. The van der Waals surface area contributed by atoms with Crippen LogP contribution in [0.2, 0.25) is 0 Å². The molecule has 2 heteroatoms. The standard InChI is InChI=1S/C5H12N2.C2H6/c1-3-6-5-7-4-2;1-2/h5H,3-4H2,1-2H3,(H,6,7);1-2H3. The monoisotopic (exact) mass is 130 g/mol. The first-order chi connectivity index (χ1) is 4.41. The van der Waals surface area contributed by atoms with E-state index in [1.54, 1.807) is 6.34 Å². The van der Waals surface area contributed by atoms with E-state index in [1.807, 2.05) is 27.7 Å². The molecule has 2 nitrogen and oxygen atoms in total. The highest BCUT2D eigenvalue weighted by Crippen LogP contribution is 1.57. The van der Waals surface area contributed by atoms with E-state index in [1.165, 1.54) is 0 Å². The molecule has 0 spiro atoms. The summed E-state index contributed by atoms with van der Waals surface area (Å²) in [5, 5.41) is 2.96. The largest absolute Gasteiger partial charge is 0.377 e. The summed E-state index contributed by atoms with van der Waals surface area (Å²) >= 11 is 0. The molecule has 0 rings (SSSR count). The van der Waals surface area contributed by atoms with E-state index < -0.39 is 0 Å². The third-order valence-corrected chi connectivity index (χ3v) is 0.569. The van der Waals surface area contributed by atoms with Crippen LogP contribution in [0, 0.1) is 0 Å². The number of hydrogen-bond donors (Lipinski definition) is 1. The van der Waals surface area contributed by atoms with Crippen LogP contribution in [0.5, 0.6) is 0 Å². The van der Waals surface area contributed by atoms with E-state index >= 15 is 0 Å². The first-order valence-corrected chi connectivity index (χ1v) is 3.63. The predicted octanol–water partition coefficient (Wildman–Crippen LogP) is 1.67. The SMILES string of the molecule is CC.CCN=CNCC. The molecule has 0 bridgehead atoms. The maximum absolute atomic E-state index is 3.93. The second-order valence-electron chi connectivity index (χ2n) is 1.19. The maximum Gasteiger partial charge on any atom is 0.0823 e. The zero-order chi connectivity index (χ0) is 7.54. The second kappa shape index (κ2) is 15.6. The highest BCUT2D eigenvalue weighted by atomic mass is 14.9. The highest BCUT2D eigenvalue weighted by molar-refractivity contribution is 5.53. The fourth-order valence-electron chi connectivity index (χ4n) is 0.247. The molecule has 0 saturated carbocycles. The molecule has 1 N–H and O–H groups in total. The molecule has 0 saturated heterocycles. The summed E-state index contributed by atoms with van der Waals surface area (Å²) in [6.45, 7) is 9.88. The Hall–Kier alpha value is -0.530. The van der Waals surface area contributed by atoms with Gasteiger partial charge >= 0.3 is 0 Å². The van der Waals surface area contributed by atoms with Gasteiger partial charge in [-0.1, -0.05) is 13.8 Å². The minimum Gasteiger partial charge on any atom is -0.377 e. The van der Waals surface area contributed by atoms with Crippen LogP contribution in [0.15, 0.2) is 4.99 Å². The minimum atomic E-state index is 0.868. The van der Waals surface area contributed by atoms with E-state index in [-0.39, 0.29) is 0 Å². The Labute approximate surface area is 58.4 Å². The molecular weight excluding hydrogens is 112 g/mol. The summed E-state index contributed by atoms with van der Waals surface area (Å²) in [6.07, 6.45) is 1.74. The summed E-state index contributed by atoms with van der Waals surface area (Å²) in [5.41, 5.74) is 0. The average molecular weight is 130 g/mol. The van der Waals surface area contributed by atoms with Crippen molar-refractivity contribution >= 4 is 6.34 Å². The third kappa shape index (κ3) is 18.6. The Morgan fingerprint density at radius 1 is 1.33 bits per heavy atom. The van der Waals surface area contributed by atoms with Crippen molar-refractivity contribution < 1.29 is 0 Å². The van der Waals surface area contributed by atoms with Crippen LogP contribution >= 0.6 is 0 Å². The summed E-state index contributed by atoms with van der Waals surface area (Å²) in [5.74, 6) is 0. The smallest absolute Gasteiger partial charge is 0.0823 e. The van der Waals surface area contributed by atoms with E-state index in [9.17, 15) is 0 Å². The lowest BCUT2D eigenvalue weighted by Crippen LogP contribution is -2.08. The van der Waals surface area contributed by atoms with Crippen molar-refractivity contribution in [1.29, 1.82) is 0 Å². The number of nitrogens with one attached hydrogen (secondary N) is 1. The van der Waals surface area contributed by atoms with Gasteiger partial charge in [-0.2, -0.15) is 0 Å². The van der Waals surface area contributed by atoms with Crippen LogP contribution in [0.1, 0.15) is 27.7 Å². The van der Waals surface area contributed by atoms with Gasteiger partial charge in [-0.3, -0.25) is 4.99 Å². The topological polar surface area (TPSA) is 24.4 Å². The Morgan fingerprint density at radius 2 is 1.89 bits per heavy atom. The molecule has 0 fully saturated rings. The molecule has 0 atom stereocenters. The quantitative estimate of drug-likeness (QED) is 0.456.